The van der Waals surface area contributed by atoms with Crippen LogP contribution in [0.15, 0.2) is 0 Å². The molecule has 0 saturated heterocycles. The Morgan fingerprint density at radius 2 is 1.38 bits per heavy atom. The van der Waals surface area contributed by atoms with Gasteiger partial charge in [-0.15, -0.1) is 0 Å². The molecule has 0 atom stereocenters. The van der Waals surface area contributed by atoms with E-state index < -0.39 is 7.54 Å². The van der Waals surface area contributed by atoms with Gasteiger partial charge in [0.05, 0.1) is 0 Å². The minimum Gasteiger partial charge on any atom is -0.331 e. The lowest BCUT2D eigenvalue weighted by atomic mass is 10.5. The Kier molecular flexibility index (Phi) is 30.9. The van der Waals surface area contributed by atoms with Gasteiger partial charge in [0.1, 0.15) is 0 Å². The fraction of sp³-hybridized carbons (Fsp3) is 1.00. The van der Waals surface area contributed by atoms with Crippen LogP contribution in [0.2, 0.25) is 0 Å². The minimum atomic E-state index is -3.67. The van der Waals surface area contributed by atoms with Crippen molar-refractivity contribution in [2.75, 3.05) is 6.54 Å². The second kappa shape index (κ2) is 15.8. The average molecular weight is 124 g/mol. The van der Waals surface area contributed by atoms with Crippen LogP contribution in [0.4, 0.5) is 12.9 Å². The molecule has 0 bridgehead atoms. The predicted octanol–water partition coefficient (Wildman–Crippen LogP) is 0.464. The molecule has 0 spiro atoms. The van der Waals surface area contributed by atoms with E-state index in [1.165, 1.54) is 0 Å². The van der Waals surface area contributed by atoms with Crippen molar-refractivity contribution in [3.63, 3.8) is 0 Å². The van der Waals surface area contributed by atoms with Gasteiger partial charge in [0.15, 0.2) is 0 Å². The Labute approximate surface area is 49.2 Å². The molecule has 0 amide bonds. The third-order valence-electron chi connectivity index (χ3n) is 0. The Balaban J connectivity index is -0.0000000575. The summed E-state index contributed by atoms with van der Waals surface area (Å²) in [6, 6.07) is 0. The van der Waals surface area contributed by atoms with Crippen LogP contribution in [0.1, 0.15) is 6.92 Å². The highest BCUT2D eigenvalue weighted by molar-refractivity contribution is 6.33. The van der Waals surface area contributed by atoms with Crippen molar-refractivity contribution >= 4 is 16.0 Å². The Morgan fingerprint density at radius 3 is 1.38 bits per heavy atom. The molecule has 6 heteroatoms. The Morgan fingerprint density at radius 1 is 1.38 bits per heavy atom. The van der Waals surface area contributed by atoms with Crippen molar-refractivity contribution in [2.45, 2.75) is 6.92 Å². The molecule has 47 valence electrons. The molecule has 0 unspecified atom stereocenters. The van der Waals surface area contributed by atoms with Gasteiger partial charge in [-0.1, -0.05) is 6.92 Å². The minimum absolute atomic E-state index is 0. The zero-order chi connectivity index (χ0) is 6.28. The number of hydrogen-bond donors (Lipinski definition) is 1. The molecule has 0 aliphatic rings. The molecule has 0 rings (SSSR count). The highest BCUT2D eigenvalue weighted by atomic mass is 19.4. The maximum Gasteiger partial charge on any atom is 0.762 e. The Bertz CT molecular complexity index is 26.5. The number of hydrogen-bond acceptors (Lipinski definition) is 1. The molecule has 2 N–H and O–H groups in total. The van der Waals surface area contributed by atoms with E-state index in [9.17, 15) is 12.9 Å². The van der Waals surface area contributed by atoms with Crippen LogP contribution in [-0.4, -0.2) is 22.5 Å². The van der Waals surface area contributed by atoms with Gasteiger partial charge in [-0.05, 0) is 6.54 Å². The normalized spacial score (nSPS) is 5.62. The molecule has 0 aliphatic heterocycles. The van der Waals surface area contributed by atoms with Gasteiger partial charge < -0.3 is 5.73 Å². The molecule has 0 aromatic rings. The highest BCUT2D eigenvalue weighted by Crippen LogP contribution is 1.80. The monoisotopic (exact) mass is 124 g/mol. The van der Waals surface area contributed by atoms with E-state index in [2.05, 4.69) is 0 Å². The van der Waals surface area contributed by atoms with E-state index in [0.717, 1.165) is 6.54 Å². The average Bonchev–Trinajstić information content (AvgIpc) is 1.33. The van der Waals surface area contributed by atoms with Crippen molar-refractivity contribution in [1.29, 1.82) is 0 Å². The maximum atomic E-state index is 9.67. The topological polar surface area (TPSA) is 26.0 Å². The predicted molar refractivity (Wildman–Crippen MR) is 29.6 cm³/mol. The summed E-state index contributed by atoms with van der Waals surface area (Å²) in [7, 11) is -3.67. The number of rotatable bonds is 0. The van der Waals surface area contributed by atoms with Gasteiger partial charge in [-0.3, -0.25) is 12.9 Å². The first-order chi connectivity index (χ1) is 3.15. The molecule has 0 saturated carbocycles. The standard InChI is InChI=1S/C2H7N.BF3.B/c1-2-3;2-1(3)4;/h2-3H2,1H3;;. The molecule has 0 aliphatic carbocycles. The van der Waals surface area contributed by atoms with Crippen molar-refractivity contribution in [3.8, 4) is 0 Å². The molecular formula is C2H7B2F3N. The lowest BCUT2D eigenvalue weighted by Crippen LogP contribution is -1.87. The summed E-state index contributed by atoms with van der Waals surface area (Å²) in [6.45, 7) is 2.65. The summed E-state index contributed by atoms with van der Waals surface area (Å²) in [5.74, 6) is 0. The largest absolute Gasteiger partial charge is 0.762 e. The van der Waals surface area contributed by atoms with E-state index in [0.29, 0.717) is 0 Å². The van der Waals surface area contributed by atoms with Gasteiger partial charge in [0.25, 0.3) is 0 Å². The van der Waals surface area contributed by atoms with Gasteiger partial charge in [0, 0.05) is 8.41 Å². The van der Waals surface area contributed by atoms with Gasteiger partial charge in [-0.25, -0.2) is 0 Å². The van der Waals surface area contributed by atoms with Crippen LogP contribution in [0.5, 0.6) is 0 Å². The maximum absolute atomic E-state index is 9.67. The zero-order valence-corrected chi connectivity index (χ0v) is 4.57. The van der Waals surface area contributed by atoms with Gasteiger partial charge in [-0.2, -0.15) is 0 Å². The molecule has 8 heavy (non-hydrogen) atoms. The van der Waals surface area contributed by atoms with Gasteiger partial charge >= 0.3 is 7.54 Å². The molecular weight excluding hydrogens is 117 g/mol. The summed E-state index contributed by atoms with van der Waals surface area (Å²) >= 11 is 0. The van der Waals surface area contributed by atoms with Gasteiger partial charge in [0.2, 0.25) is 0 Å². The second-order valence-electron chi connectivity index (χ2n) is 0.656. The second-order valence-corrected chi connectivity index (χ2v) is 0.656. The van der Waals surface area contributed by atoms with Crippen LogP contribution in [0.25, 0.3) is 0 Å². The summed E-state index contributed by atoms with van der Waals surface area (Å²) in [5, 5.41) is 0. The van der Waals surface area contributed by atoms with Crippen LogP contribution in [0.3, 0.4) is 0 Å². The van der Waals surface area contributed by atoms with Crippen LogP contribution >= 0.6 is 0 Å². The lowest BCUT2D eigenvalue weighted by Gasteiger charge is -1.55. The molecule has 0 aromatic carbocycles. The first-order valence-electron chi connectivity index (χ1n) is 1.77. The van der Waals surface area contributed by atoms with Crippen molar-refractivity contribution in [2.24, 2.45) is 5.73 Å². The molecule has 0 heterocycles. The zero-order valence-electron chi connectivity index (χ0n) is 4.57. The third-order valence-corrected chi connectivity index (χ3v) is 0. The quantitative estimate of drug-likeness (QED) is 0.466. The van der Waals surface area contributed by atoms with E-state index >= 15 is 0 Å². The van der Waals surface area contributed by atoms with Crippen molar-refractivity contribution in [1.82, 2.24) is 0 Å². The number of halogens is 3. The Hall–Kier alpha value is -0.120. The summed E-state index contributed by atoms with van der Waals surface area (Å²) in [4.78, 5) is 0. The van der Waals surface area contributed by atoms with Crippen molar-refractivity contribution in [3.05, 3.63) is 0 Å². The van der Waals surface area contributed by atoms with E-state index in [1.807, 2.05) is 6.92 Å². The molecule has 3 radical (unpaired) electrons. The van der Waals surface area contributed by atoms with E-state index in [-0.39, 0.29) is 8.41 Å². The first kappa shape index (κ1) is 15.7. The number of nitrogens with two attached hydrogens (primary N) is 1. The smallest absolute Gasteiger partial charge is 0.331 e. The van der Waals surface area contributed by atoms with Crippen LogP contribution < -0.4 is 5.73 Å². The van der Waals surface area contributed by atoms with Crippen LogP contribution in [0, 0.1) is 0 Å². The fourth-order valence-electron chi connectivity index (χ4n) is 0. The summed E-state index contributed by atoms with van der Waals surface area (Å²) < 4.78 is 29.0. The summed E-state index contributed by atoms with van der Waals surface area (Å²) in [5.41, 5.74) is 4.85. The molecule has 1 nitrogen and oxygen atoms in total. The van der Waals surface area contributed by atoms with Crippen molar-refractivity contribution < 1.29 is 12.9 Å². The fourth-order valence-corrected chi connectivity index (χ4v) is 0. The third kappa shape index (κ3) is 9700. The first-order valence-corrected chi connectivity index (χ1v) is 1.77. The SMILES string of the molecule is CCN.FB(F)F.[B]. The van der Waals surface area contributed by atoms with E-state index in [1.54, 1.807) is 0 Å². The lowest BCUT2D eigenvalue weighted by molar-refractivity contribution is 0.535. The molecule has 0 fully saturated rings. The van der Waals surface area contributed by atoms with Crippen LogP contribution in [-0.2, 0) is 0 Å². The highest BCUT2D eigenvalue weighted by Gasteiger charge is 2.06. The van der Waals surface area contributed by atoms with E-state index in [4.69, 9.17) is 5.73 Å². The summed E-state index contributed by atoms with van der Waals surface area (Å²) in [6.07, 6.45) is 0. The molecule has 0 aromatic heterocycles.